The van der Waals surface area contributed by atoms with Crippen LogP contribution >= 0.6 is 0 Å². The Kier molecular flexibility index (Phi) is 6.36. The van der Waals surface area contributed by atoms with Gasteiger partial charge in [0.05, 0.1) is 7.11 Å². The zero-order valence-corrected chi connectivity index (χ0v) is 11.8. The number of esters is 1. The lowest BCUT2D eigenvalue weighted by atomic mass is 10.2. The van der Waals surface area contributed by atoms with Crippen molar-refractivity contribution in [2.24, 2.45) is 0 Å². The van der Waals surface area contributed by atoms with Crippen LogP contribution in [-0.4, -0.2) is 32.1 Å². The lowest BCUT2D eigenvalue weighted by molar-refractivity contribution is -0.124. The van der Waals surface area contributed by atoms with Gasteiger partial charge in [-0.05, 0) is 18.6 Å². The van der Waals surface area contributed by atoms with E-state index in [0.717, 1.165) is 12.8 Å². The molecule has 3 N–H and O–H groups in total. The van der Waals surface area contributed by atoms with Crippen LogP contribution in [0.25, 0.3) is 0 Å². The summed E-state index contributed by atoms with van der Waals surface area (Å²) < 4.78 is 9.98. The molecule has 1 rings (SSSR count). The molecule has 0 fully saturated rings. The summed E-state index contributed by atoms with van der Waals surface area (Å²) in [5.74, 6) is -0.616. The highest BCUT2D eigenvalue weighted by atomic mass is 16.5. The fourth-order valence-electron chi connectivity index (χ4n) is 1.54. The van der Waals surface area contributed by atoms with E-state index in [1.54, 1.807) is 6.07 Å². The number of carbonyl (C=O) groups is 2. The first-order chi connectivity index (χ1) is 9.58. The Morgan fingerprint density at radius 2 is 2.10 bits per heavy atom. The topological polar surface area (TPSA) is 90.7 Å². The third-order valence-corrected chi connectivity index (χ3v) is 2.63. The van der Waals surface area contributed by atoms with Crippen molar-refractivity contribution in [2.45, 2.75) is 19.8 Å². The predicted molar refractivity (Wildman–Crippen MR) is 75.6 cm³/mol. The summed E-state index contributed by atoms with van der Waals surface area (Å²) in [6.45, 7) is 2.30. The number of nitrogen functional groups attached to an aromatic ring is 1. The molecule has 0 aliphatic carbocycles. The Hall–Kier alpha value is -2.24. The molecule has 1 amide bonds. The van der Waals surface area contributed by atoms with Gasteiger partial charge >= 0.3 is 5.97 Å². The summed E-state index contributed by atoms with van der Waals surface area (Å²) >= 11 is 0. The Morgan fingerprint density at radius 1 is 1.35 bits per heavy atom. The van der Waals surface area contributed by atoms with Gasteiger partial charge < -0.3 is 20.5 Å². The minimum Gasteiger partial charge on any atom is -0.496 e. The predicted octanol–water partition coefficient (Wildman–Crippen LogP) is 1.35. The van der Waals surface area contributed by atoms with Gasteiger partial charge in [0, 0.05) is 18.3 Å². The highest BCUT2D eigenvalue weighted by molar-refractivity contribution is 5.94. The van der Waals surface area contributed by atoms with E-state index in [0.29, 0.717) is 18.0 Å². The second-order valence-electron chi connectivity index (χ2n) is 4.24. The van der Waals surface area contributed by atoms with Crippen LogP contribution in [-0.2, 0) is 9.53 Å². The van der Waals surface area contributed by atoms with E-state index in [9.17, 15) is 9.59 Å². The second kappa shape index (κ2) is 8.04. The van der Waals surface area contributed by atoms with Gasteiger partial charge in [-0.3, -0.25) is 4.79 Å². The monoisotopic (exact) mass is 280 g/mol. The first kappa shape index (κ1) is 15.8. The van der Waals surface area contributed by atoms with Gasteiger partial charge in [-0.15, -0.1) is 0 Å². The maximum absolute atomic E-state index is 11.8. The summed E-state index contributed by atoms with van der Waals surface area (Å²) in [5.41, 5.74) is 6.32. The number of anilines is 1. The van der Waals surface area contributed by atoms with Crippen LogP contribution in [0, 0.1) is 0 Å². The lowest BCUT2D eigenvalue weighted by Gasteiger charge is -2.09. The molecule has 0 aliphatic rings. The first-order valence-corrected chi connectivity index (χ1v) is 6.45. The van der Waals surface area contributed by atoms with Crippen LogP contribution in [0.15, 0.2) is 18.2 Å². The second-order valence-corrected chi connectivity index (χ2v) is 4.24. The van der Waals surface area contributed by atoms with E-state index in [2.05, 4.69) is 5.32 Å². The number of amides is 1. The summed E-state index contributed by atoms with van der Waals surface area (Å²) in [6, 6.07) is 4.60. The highest BCUT2D eigenvalue weighted by Gasteiger charge is 2.15. The minimum atomic E-state index is -0.618. The largest absolute Gasteiger partial charge is 0.496 e. The Balaban J connectivity index is 2.52. The molecule has 0 saturated heterocycles. The number of hydrogen-bond donors (Lipinski definition) is 2. The first-order valence-electron chi connectivity index (χ1n) is 6.45. The van der Waals surface area contributed by atoms with Gasteiger partial charge in [0.25, 0.3) is 5.91 Å². The molecule has 20 heavy (non-hydrogen) atoms. The molecule has 0 aliphatic heterocycles. The molecule has 0 atom stereocenters. The molecule has 110 valence electrons. The van der Waals surface area contributed by atoms with E-state index in [1.807, 2.05) is 6.92 Å². The number of unbranched alkanes of at least 4 members (excludes halogenated alkanes) is 1. The van der Waals surface area contributed by atoms with Gasteiger partial charge in [-0.25, -0.2) is 4.79 Å². The molecule has 6 nitrogen and oxygen atoms in total. The van der Waals surface area contributed by atoms with Gasteiger partial charge in [0.2, 0.25) is 0 Å². The van der Waals surface area contributed by atoms with Crippen LogP contribution in [0.4, 0.5) is 5.69 Å². The van der Waals surface area contributed by atoms with E-state index >= 15 is 0 Å². The normalized spacial score (nSPS) is 9.90. The van der Waals surface area contributed by atoms with E-state index in [1.165, 1.54) is 19.2 Å². The van der Waals surface area contributed by atoms with E-state index in [-0.39, 0.29) is 18.1 Å². The molecule has 6 heteroatoms. The Morgan fingerprint density at radius 3 is 2.75 bits per heavy atom. The molecule has 0 heterocycles. The molecule has 0 unspecified atom stereocenters. The highest BCUT2D eigenvalue weighted by Crippen LogP contribution is 2.22. The summed E-state index contributed by atoms with van der Waals surface area (Å²) in [7, 11) is 1.43. The SMILES string of the molecule is CCCCNC(=O)COC(=O)c1ccc(N)cc1OC. The molecule has 0 bridgehead atoms. The number of methoxy groups -OCH3 is 1. The molecular weight excluding hydrogens is 260 g/mol. The van der Waals surface area contributed by atoms with Crippen molar-refractivity contribution in [1.29, 1.82) is 0 Å². The maximum atomic E-state index is 11.8. The number of benzene rings is 1. The molecule has 1 aromatic carbocycles. The fraction of sp³-hybridized carbons (Fsp3) is 0.429. The van der Waals surface area contributed by atoms with Crippen molar-refractivity contribution in [3.8, 4) is 5.75 Å². The zero-order valence-electron chi connectivity index (χ0n) is 11.8. The summed E-state index contributed by atoms with van der Waals surface area (Å²) in [4.78, 5) is 23.3. The van der Waals surface area contributed by atoms with Crippen LogP contribution in [0.1, 0.15) is 30.1 Å². The quantitative estimate of drug-likeness (QED) is 0.447. The number of carbonyl (C=O) groups excluding carboxylic acids is 2. The van der Waals surface area contributed by atoms with Gasteiger partial charge in [0.1, 0.15) is 11.3 Å². The summed E-state index contributed by atoms with van der Waals surface area (Å²) in [5, 5.41) is 2.66. The number of nitrogens with two attached hydrogens (primary N) is 1. The molecule has 1 aromatic rings. The van der Waals surface area contributed by atoms with Crippen LogP contribution in [0.5, 0.6) is 5.75 Å². The number of hydrogen-bond acceptors (Lipinski definition) is 5. The van der Waals surface area contributed by atoms with Crippen molar-refractivity contribution in [2.75, 3.05) is 26.0 Å². The van der Waals surface area contributed by atoms with Crippen molar-refractivity contribution < 1.29 is 19.1 Å². The minimum absolute atomic E-state index is 0.239. The van der Waals surface area contributed by atoms with E-state index < -0.39 is 5.97 Å². The Bertz CT molecular complexity index is 474. The van der Waals surface area contributed by atoms with Crippen LogP contribution < -0.4 is 15.8 Å². The van der Waals surface area contributed by atoms with Crippen molar-refractivity contribution in [3.05, 3.63) is 23.8 Å². The van der Waals surface area contributed by atoms with Crippen molar-refractivity contribution in [3.63, 3.8) is 0 Å². The summed E-state index contributed by atoms with van der Waals surface area (Å²) in [6.07, 6.45) is 1.88. The van der Waals surface area contributed by atoms with Gasteiger partial charge in [-0.2, -0.15) is 0 Å². The third-order valence-electron chi connectivity index (χ3n) is 2.63. The standard InChI is InChI=1S/C14H20N2O4/c1-3-4-7-16-13(17)9-20-14(18)11-6-5-10(15)8-12(11)19-2/h5-6,8H,3-4,7,9,15H2,1-2H3,(H,16,17). The number of nitrogens with one attached hydrogen (secondary N) is 1. The molecule has 0 spiro atoms. The molecule has 0 saturated carbocycles. The Labute approximate surface area is 118 Å². The molecular formula is C14H20N2O4. The third kappa shape index (κ3) is 4.79. The van der Waals surface area contributed by atoms with E-state index in [4.69, 9.17) is 15.2 Å². The van der Waals surface area contributed by atoms with Crippen LogP contribution in [0.2, 0.25) is 0 Å². The number of rotatable bonds is 7. The smallest absolute Gasteiger partial charge is 0.342 e. The molecule has 0 radical (unpaired) electrons. The number of ether oxygens (including phenoxy) is 2. The van der Waals surface area contributed by atoms with Gasteiger partial charge in [-0.1, -0.05) is 13.3 Å². The maximum Gasteiger partial charge on any atom is 0.342 e. The van der Waals surface area contributed by atoms with Crippen molar-refractivity contribution >= 4 is 17.6 Å². The zero-order chi connectivity index (χ0) is 15.0. The molecule has 0 aromatic heterocycles. The average Bonchev–Trinajstić information content (AvgIpc) is 2.44. The van der Waals surface area contributed by atoms with Gasteiger partial charge in [0.15, 0.2) is 6.61 Å². The van der Waals surface area contributed by atoms with Crippen molar-refractivity contribution in [1.82, 2.24) is 5.32 Å². The lowest BCUT2D eigenvalue weighted by Crippen LogP contribution is -2.29. The van der Waals surface area contributed by atoms with Crippen LogP contribution in [0.3, 0.4) is 0 Å². The fourth-order valence-corrected chi connectivity index (χ4v) is 1.54. The average molecular weight is 280 g/mol.